The molecule has 1 amide bonds. The highest BCUT2D eigenvalue weighted by molar-refractivity contribution is 7.10. The Bertz CT molecular complexity index is 682. The van der Waals surface area contributed by atoms with Crippen molar-refractivity contribution < 1.29 is 4.79 Å². The number of hydrogen-bond donors (Lipinski definition) is 1. The van der Waals surface area contributed by atoms with Gasteiger partial charge in [-0.15, -0.1) is 22.7 Å². The van der Waals surface area contributed by atoms with Crippen LogP contribution in [0.4, 0.5) is 0 Å². The van der Waals surface area contributed by atoms with Gasteiger partial charge in [0.15, 0.2) is 0 Å². The topological polar surface area (TPSA) is 32.3 Å². The maximum Gasteiger partial charge on any atom is 0.231 e. The zero-order chi connectivity index (χ0) is 17.8. The fraction of sp³-hybridized carbons (Fsp3) is 0.571. The van der Waals surface area contributed by atoms with E-state index in [2.05, 4.69) is 45.2 Å². The molecule has 2 fully saturated rings. The minimum Gasteiger partial charge on any atom is -0.354 e. The predicted octanol–water partition coefficient (Wildman–Crippen LogP) is 4.62. The predicted molar refractivity (Wildman–Crippen MR) is 110 cm³/mol. The molecule has 2 aliphatic rings. The van der Waals surface area contributed by atoms with Crippen LogP contribution < -0.4 is 5.32 Å². The lowest BCUT2D eigenvalue weighted by molar-refractivity contribution is -0.126. The molecule has 0 bridgehead atoms. The van der Waals surface area contributed by atoms with Crippen LogP contribution in [0.1, 0.15) is 54.2 Å². The Labute approximate surface area is 164 Å². The summed E-state index contributed by atoms with van der Waals surface area (Å²) in [5.41, 5.74) is -0.250. The smallest absolute Gasteiger partial charge is 0.231 e. The maximum absolute atomic E-state index is 13.0. The lowest BCUT2D eigenvalue weighted by atomic mass is 9.83. The molecule has 140 valence electrons. The summed E-state index contributed by atoms with van der Waals surface area (Å²) in [7, 11) is 0. The number of likely N-dealkylation sites (tertiary alicyclic amines) is 1. The molecule has 1 N–H and O–H groups in total. The van der Waals surface area contributed by atoms with Gasteiger partial charge in [0, 0.05) is 22.8 Å². The van der Waals surface area contributed by atoms with Crippen molar-refractivity contribution in [3.63, 3.8) is 0 Å². The molecule has 3 nitrogen and oxygen atoms in total. The van der Waals surface area contributed by atoms with Crippen LogP contribution in [0, 0.1) is 0 Å². The van der Waals surface area contributed by atoms with Crippen molar-refractivity contribution in [3.05, 3.63) is 44.8 Å². The third-order valence-corrected chi connectivity index (χ3v) is 8.24. The summed E-state index contributed by atoms with van der Waals surface area (Å²) < 4.78 is 0. The van der Waals surface area contributed by atoms with Gasteiger partial charge in [-0.25, -0.2) is 0 Å². The van der Waals surface area contributed by atoms with Crippen molar-refractivity contribution in [3.8, 4) is 0 Å². The monoisotopic (exact) mass is 388 g/mol. The SMILES string of the molecule is O=C(NCCN1CCC(c2cccs2)CC1)C1(c2cccs2)CCCC1. The largest absolute Gasteiger partial charge is 0.354 e. The first-order chi connectivity index (χ1) is 12.8. The molecular formula is C21H28N2OS2. The molecule has 1 saturated carbocycles. The third kappa shape index (κ3) is 3.75. The van der Waals surface area contributed by atoms with E-state index in [4.69, 9.17) is 0 Å². The van der Waals surface area contributed by atoms with E-state index in [1.54, 1.807) is 11.3 Å². The molecule has 1 aliphatic heterocycles. The average molecular weight is 389 g/mol. The zero-order valence-electron chi connectivity index (χ0n) is 15.3. The molecule has 5 heteroatoms. The Balaban J connectivity index is 1.25. The Hall–Kier alpha value is -1.17. The normalized spacial score (nSPS) is 21.1. The van der Waals surface area contributed by atoms with Gasteiger partial charge >= 0.3 is 0 Å². The van der Waals surface area contributed by atoms with E-state index in [1.165, 1.54) is 35.4 Å². The van der Waals surface area contributed by atoms with Crippen molar-refractivity contribution in [2.45, 2.75) is 49.9 Å². The Morgan fingerprint density at radius 2 is 1.85 bits per heavy atom. The summed E-state index contributed by atoms with van der Waals surface area (Å²) in [5, 5.41) is 7.55. The molecule has 3 heterocycles. The van der Waals surface area contributed by atoms with Crippen molar-refractivity contribution >= 4 is 28.6 Å². The van der Waals surface area contributed by atoms with Crippen LogP contribution in [-0.2, 0) is 10.2 Å². The number of piperidine rings is 1. The number of carbonyl (C=O) groups excluding carboxylic acids is 1. The van der Waals surface area contributed by atoms with E-state index < -0.39 is 0 Å². The first kappa shape index (κ1) is 18.2. The second kappa shape index (κ2) is 8.24. The Morgan fingerprint density at radius 1 is 1.12 bits per heavy atom. The van der Waals surface area contributed by atoms with E-state index in [0.29, 0.717) is 0 Å². The highest BCUT2D eigenvalue weighted by atomic mass is 32.1. The highest BCUT2D eigenvalue weighted by Gasteiger charge is 2.43. The van der Waals surface area contributed by atoms with Gasteiger partial charge in [-0.2, -0.15) is 0 Å². The van der Waals surface area contributed by atoms with Crippen LogP contribution in [0.3, 0.4) is 0 Å². The second-order valence-corrected chi connectivity index (χ2v) is 9.58. The molecule has 0 aromatic carbocycles. The number of carbonyl (C=O) groups is 1. The van der Waals surface area contributed by atoms with Crippen LogP contribution >= 0.6 is 22.7 Å². The molecule has 0 unspecified atom stereocenters. The Kier molecular flexibility index (Phi) is 5.77. The van der Waals surface area contributed by atoms with Crippen LogP contribution in [0.2, 0.25) is 0 Å². The lowest BCUT2D eigenvalue weighted by Gasteiger charge is -2.32. The quantitative estimate of drug-likeness (QED) is 0.783. The molecule has 0 radical (unpaired) electrons. The van der Waals surface area contributed by atoms with Gasteiger partial charge in [0.05, 0.1) is 5.41 Å². The number of thiophene rings is 2. The summed E-state index contributed by atoms with van der Waals surface area (Å²) in [5.74, 6) is 0.993. The first-order valence-electron chi connectivity index (χ1n) is 9.86. The average Bonchev–Trinajstić information content (AvgIpc) is 3.44. The summed E-state index contributed by atoms with van der Waals surface area (Å²) in [6.07, 6.45) is 6.83. The fourth-order valence-electron chi connectivity index (χ4n) is 4.58. The van der Waals surface area contributed by atoms with Crippen molar-refractivity contribution in [2.75, 3.05) is 26.2 Å². The van der Waals surface area contributed by atoms with E-state index >= 15 is 0 Å². The molecule has 0 atom stereocenters. The molecule has 2 aromatic heterocycles. The Morgan fingerprint density at radius 3 is 2.50 bits per heavy atom. The zero-order valence-corrected chi connectivity index (χ0v) is 16.9. The third-order valence-electron chi connectivity index (χ3n) is 6.13. The van der Waals surface area contributed by atoms with E-state index in [0.717, 1.165) is 44.9 Å². The van der Waals surface area contributed by atoms with Gasteiger partial charge in [-0.1, -0.05) is 25.0 Å². The first-order valence-corrected chi connectivity index (χ1v) is 11.6. The van der Waals surface area contributed by atoms with Crippen molar-refractivity contribution in [2.24, 2.45) is 0 Å². The summed E-state index contributed by atoms with van der Waals surface area (Å²) in [6.45, 7) is 4.04. The second-order valence-electron chi connectivity index (χ2n) is 7.65. The molecule has 1 saturated heterocycles. The van der Waals surface area contributed by atoms with Crippen LogP contribution in [0.25, 0.3) is 0 Å². The van der Waals surface area contributed by atoms with Gasteiger partial charge in [-0.05, 0) is 67.6 Å². The van der Waals surface area contributed by atoms with Crippen molar-refractivity contribution in [1.82, 2.24) is 10.2 Å². The standard InChI is InChI=1S/C21H28N2OS2/c24-20(21(9-1-2-10-21)19-6-4-16-26-19)22-11-14-23-12-7-17(8-13-23)18-5-3-15-25-18/h3-6,15-17H,1-2,7-14H2,(H,22,24). The van der Waals surface area contributed by atoms with E-state index in [-0.39, 0.29) is 11.3 Å². The minimum atomic E-state index is -0.250. The number of rotatable bonds is 6. The van der Waals surface area contributed by atoms with Gasteiger partial charge < -0.3 is 10.2 Å². The van der Waals surface area contributed by atoms with Gasteiger partial charge in [-0.3, -0.25) is 4.79 Å². The highest BCUT2D eigenvalue weighted by Crippen LogP contribution is 2.43. The molecule has 26 heavy (non-hydrogen) atoms. The van der Waals surface area contributed by atoms with Gasteiger partial charge in [0.1, 0.15) is 0 Å². The molecule has 4 rings (SSSR count). The fourth-order valence-corrected chi connectivity index (χ4v) is 6.46. The van der Waals surface area contributed by atoms with Crippen molar-refractivity contribution in [1.29, 1.82) is 0 Å². The van der Waals surface area contributed by atoms with E-state index in [9.17, 15) is 4.79 Å². The number of amides is 1. The molecule has 2 aromatic rings. The molecule has 1 aliphatic carbocycles. The van der Waals surface area contributed by atoms with Crippen LogP contribution in [-0.4, -0.2) is 37.0 Å². The lowest BCUT2D eigenvalue weighted by Crippen LogP contribution is -2.45. The molecular weight excluding hydrogens is 360 g/mol. The summed E-state index contributed by atoms with van der Waals surface area (Å²) >= 11 is 3.63. The number of hydrogen-bond acceptors (Lipinski definition) is 4. The number of nitrogens with one attached hydrogen (secondary N) is 1. The van der Waals surface area contributed by atoms with Gasteiger partial charge in [0.2, 0.25) is 5.91 Å². The van der Waals surface area contributed by atoms with Crippen LogP contribution in [0.15, 0.2) is 35.0 Å². The summed E-state index contributed by atoms with van der Waals surface area (Å²) in [4.78, 5) is 18.3. The van der Waals surface area contributed by atoms with Gasteiger partial charge in [0.25, 0.3) is 0 Å². The van der Waals surface area contributed by atoms with E-state index in [1.807, 2.05) is 11.3 Å². The number of nitrogens with zero attached hydrogens (tertiary/aromatic N) is 1. The molecule has 0 spiro atoms. The maximum atomic E-state index is 13.0. The van der Waals surface area contributed by atoms with Crippen LogP contribution in [0.5, 0.6) is 0 Å². The summed E-state index contributed by atoms with van der Waals surface area (Å²) in [6, 6.07) is 8.65. The minimum absolute atomic E-state index is 0.250.